The molecule has 1 aromatic heterocycles. The number of rotatable bonds is 5. The van der Waals surface area contributed by atoms with Gasteiger partial charge < -0.3 is 10.2 Å². The lowest BCUT2D eigenvalue weighted by molar-refractivity contribution is -0.125. The van der Waals surface area contributed by atoms with Crippen LogP contribution in [0.25, 0.3) is 0 Å². The molecule has 2 fully saturated rings. The summed E-state index contributed by atoms with van der Waals surface area (Å²) in [6.45, 7) is 3.18. The van der Waals surface area contributed by atoms with Crippen molar-refractivity contribution in [2.24, 2.45) is 5.92 Å². The van der Waals surface area contributed by atoms with E-state index in [0.717, 1.165) is 42.9 Å². The van der Waals surface area contributed by atoms with E-state index in [-0.39, 0.29) is 23.6 Å². The van der Waals surface area contributed by atoms with Gasteiger partial charge in [0.25, 0.3) is 11.8 Å². The normalized spacial score (nSPS) is 22.3. The number of nitrogens with zero attached hydrogens (tertiary/aromatic N) is 3. The molecule has 3 aliphatic rings. The maximum absolute atomic E-state index is 13.4. The Kier molecular flexibility index (Phi) is 5.71. The van der Waals surface area contributed by atoms with Crippen LogP contribution in [0.5, 0.6) is 0 Å². The Labute approximate surface area is 191 Å². The minimum absolute atomic E-state index is 0.0993. The van der Waals surface area contributed by atoms with E-state index in [1.165, 1.54) is 29.1 Å². The number of amides is 3. The van der Waals surface area contributed by atoms with Gasteiger partial charge >= 0.3 is 0 Å². The molecule has 1 N–H and O–H groups in total. The van der Waals surface area contributed by atoms with Gasteiger partial charge in [-0.25, -0.2) is 4.98 Å². The summed E-state index contributed by atoms with van der Waals surface area (Å²) in [7, 11) is 0. The first-order valence-electron chi connectivity index (χ1n) is 11.5. The minimum atomic E-state index is -0.415. The molecule has 2 atom stereocenters. The van der Waals surface area contributed by atoms with E-state index < -0.39 is 6.04 Å². The van der Waals surface area contributed by atoms with Crippen LogP contribution in [0.2, 0.25) is 0 Å². The molecular weight excluding hydrogens is 424 g/mol. The second kappa shape index (κ2) is 8.65. The van der Waals surface area contributed by atoms with Crippen molar-refractivity contribution in [3.63, 3.8) is 0 Å². The molecule has 0 bridgehead atoms. The summed E-state index contributed by atoms with van der Waals surface area (Å²) in [5.74, 6) is -0.531. The summed E-state index contributed by atoms with van der Waals surface area (Å²) < 4.78 is 0. The van der Waals surface area contributed by atoms with Gasteiger partial charge in [-0.2, -0.15) is 0 Å². The second-order valence-corrected chi connectivity index (χ2v) is 9.93. The largest absolute Gasteiger partial charge is 0.370 e. The summed E-state index contributed by atoms with van der Waals surface area (Å²) >= 11 is 1.44. The maximum Gasteiger partial charge on any atom is 0.264 e. The van der Waals surface area contributed by atoms with Gasteiger partial charge in [-0.05, 0) is 44.7 Å². The number of carbonyl (C=O) groups excluding carboxylic acids is 3. The minimum Gasteiger partial charge on any atom is -0.370 e. The second-order valence-electron chi connectivity index (χ2n) is 9.00. The predicted octanol–water partition coefficient (Wildman–Crippen LogP) is 3.78. The van der Waals surface area contributed by atoms with Crippen LogP contribution in [0.1, 0.15) is 77.2 Å². The van der Waals surface area contributed by atoms with Crippen molar-refractivity contribution in [1.82, 2.24) is 15.2 Å². The average molecular weight is 453 g/mol. The van der Waals surface area contributed by atoms with Crippen LogP contribution in [0.15, 0.2) is 29.8 Å². The molecule has 1 saturated carbocycles. The predicted molar refractivity (Wildman–Crippen MR) is 123 cm³/mol. The summed E-state index contributed by atoms with van der Waals surface area (Å²) in [4.78, 5) is 47.2. The lowest BCUT2D eigenvalue weighted by atomic mass is 9.95. The van der Waals surface area contributed by atoms with Gasteiger partial charge in [-0.15, -0.1) is 11.3 Å². The van der Waals surface area contributed by atoms with Crippen molar-refractivity contribution in [2.45, 2.75) is 57.5 Å². The Morgan fingerprint density at radius 1 is 1.16 bits per heavy atom. The highest BCUT2D eigenvalue weighted by Gasteiger charge is 2.42. The molecule has 1 aliphatic carbocycles. The number of anilines is 1. The third-order valence-corrected chi connectivity index (χ3v) is 7.90. The number of fused-ring (bicyclic) bond motifs is 1. The van der Waals surface area contributed by atoms with E-state index >= 15 is 0 Å². The Morgan fingerprint density at radius 3 is 2.72 bits per heavy atom. The Bertz CT molecular complexity index is 1030. The zero-order valence-electron chi connectivity index (χ0n) is 18.3. The molecule has 2 aromatic rings. The fourth-order valence-electron chi connectivity index (χ4n) is 5.25. The molecule has 3 amide bonds. The van der Waals surface area contributed by atoms with Crippen LogP contribution < -0.4 is 10.2 Å². The topological polar surface area (TPSA) is 82.6 Å². The molecule has 3 heterocycles. The van der Waals surface area contributed by atoms with Gasteiger partial charge in [0, 0.05) is 30.7 Å². The number of aromatic nitrogens is 1. The van der Waals surface area contributed by atoms with Gasteiger partial charge in [0.1, 0.15) is 5.01 Å². The molecule has 0 radical (unpaired) electrons. The lowest BCUT2D eigenvalue weighted by Gasteiger charge is -2.35. The number of benzene rings is 1. The van der Waals surface area contributed by atoms with Crippen LogP contribution in [0.4, 0.5) is 5.69 Å². The van der Waals surface area contributed by atoms with Crippen molar-refractivity contribution < 1.29 is 14.4 Å². The van der Waals surface area contributed by atoms with Crippen LogP contribution in [-0.4, -0.2) is 46.7 Å². The molecule has 2 aliphatic heterocycles. The molecular formula is C24H28N4O3S. The van der Waals surface area contributed by atoms with E-state index in [1.807, 2.05) is 24.4 Å². The first-order chi connectivity index (χ1) is 15.5. The molecule has 168 valence electrons. The highest BCUT2D eigenvalue weighted by atomic mass is 32.1. The van der Waals surface area contributed by atoms with E-state index in [4.69, 9.17) is 0 Å². The molecule has 2 unspecified atom stereocenters. The van der Waals surface area contributed by atoms with E-state index in [0.29, 0.717) is 23.7 Å². The van der Waals surface area contributed by atoms with E-state index in [9.17, 15) is 14.4 Å². The number of thiazole rings is 1. The van der Waals surface area contributed by atoms with Crippen molar-refractivity contribution in [2.75, 3.05) is 18.0 Å². The first kappa shape index (κ1) is 21.1. The Balaban J connectivity index is 1.38. The van der Waals surface area contributed by atoms with Gasteiger partial charge in [0.05, 0.1) is 28.8 Å². The molecule has 1 aromatic carbocycles. The lowest BCUT2D eigenvalue weighted by Crippen LogP contribution is -2.45. The van der Waals surface area contributed by atoms with Gasteiger partial charge in [0.2, 0.25) is 5.91 Å². The Hall–Kier alpha value is -2.74. The van der Waals surface area contributed by atoms with Crippen molar-refractivity contribution in [3.8, 4) is 0 Å². The molecule has 1 saturated heterocycles. The van der Waals surface area contributed by atoms with Crippen molar-refractivity contribution in [3.05, 3.63) is 45.9 Å². The number of piperidine rings is 1. The van der Waals surface area contributed by atoms with Crippen molar-refractivity contribution >= 4 is 34.7 Å². The zero-order chi connectivity index (χ0) is 22.2. The van der Waals surface area contributed by atoms with Crippen LogP contribution in [0.3, 0.4) is 0 Å². The summed E-state index contributed by atoms with van der Waals surface area (Å²) in [6.07, 6.45) is 7.92. The van der Waals surface area contributed by atoms with Crippen molar-refractivity contribution in [1.29, 1.82) is 0 Å². The maximum atomic E-state index is 13.4. The van der Waals surface area contributed by atoms with Gasteiger partial charge in [-0.3, -0.25) is 19.3 Å². The highest BCUT2D eigenvalue weighted by molar-refractivity contribution is 7.09. The van der Waals surface area contributed by atoms with Gasteiger partial charge in [-0.1, -0.05) is 18.9 Å². The van der Waals surface area contributed by atoms with Crippen LogP contribution in [0, 0.1) is 5.92 Å². The molecule has 32 heavy (non-hydrogen) atoms. The smallest absolute Gasteiger partial charge is 0.264 e. The molecule has 8 heteroatoms. The highest BCUT2D eigenvalue weighted by Crippen LogP contribution is 2.38. The zero-order valence-corrected chi connectivity index (χ0v) is 19.1. The molecule has 0 spiro atoms. The third-order valence-electron chi connectivity index (χ3n) is 6.95. The van der Waals surface area contributed by atoms with Gasteiger partial charge in [0.15, 0.2) is 0 Å². The fourth-order valence-corrected chi connectivity index (χ4v) is 5.94. The fraction of sp³-hybridized carbons (Fsp3) is 0.500. The number of carbonyl (C=O) groups is 3. The number of nitrogens with one attached hydrogen (secondary N) is 1. The van der Waals surface area contributed by atoms with Crippen LogP contribution in [-0.2, 0) is 4.79 Å². The third kappa shape index (κ3) is 3.70. The Morgan fingerprint density at radius 2 is 1.97 bits per heavy atom. The summed E-state index contributed by atoms with van der Waals surface area (Å²) in [5.41, 5.74) is 1.65. The van der Waals surface area contributed by atoms with E-state index in [1.54, 1.807) is 12.3 Å². The standard InChI is InChI=1S/C24H28N4O3S/c1-15(22-25-11-13-32-22)28-23(30)18-9-4-10-19(20(18)24(28)31)27-12-5-6-16(14-27)21(29)26-17-7-2-3-8-17/h4,9-11,13,15-17H,2-3,5-8,12,14H2,1H3,(H,26,29). The molecule has 5 rings (SSSR count). The first-order valence-corrected chi connectivity index (χ1v) is 12.4. The number of imide groups is 1. The summed E-state index contributed by atoms with van der Waals surface area (Å²) in [5, 5.41) is 5.81. The molecule has 7 nitrogen and oxygen atoms in total. The summed E-state index contributed by atoms with van der Waals surface area (Å²) in [6, 6.07) is 5.35. The SMILES string of the molecule is CC(c1nccs1)N1C(=O)c2cccc(N3CCCC(C(=O)NC4CCCC4)C3)c2C1=O. The monoisotopic (exact) mass is 452 g/mol. The number of hydrogen-bond donors (Lipinski definition) is 1. The average Bonchev–Trinajstić information content (AvgIpc) is 3.56. The number of hydrogen-bond acceptors (Lipinski definition) is 6. The van der Waals surface area contributed by atoms with E-state index in [2.05, 4.69) is 15.2 Å². The van der Waals surface area contributed by atoms with Crippen LogP contribution >= 0.6 is 11.3 Å². The quantitative estimate of drug-likeness (QED) is 0.698.